The topological polar surface area (TPSA) is 0 Å². The van der Waals surface area contributed by atoms with Crippen molar-refractivity contribution in [1.29, 1.82) is 0 Å². The van der Waals surface area contributed by atoms with E-state index in [4.69, 9.17) is 0 Å². The average Bonchev–Trinajstić information content (AvgIpc) is 2.20. The van der Waals surface area contributed by atoms with Gasteiger partial charge in [0.15, 0.2) is 0 Å². The van der Waals surface area contributed by atoms with Crippen LogP contribution in [0.3, 0.4) is 0 Å². The van der Waals surface area contributed by atoms with Crippen LogP contribution < -0.4 is 0 Å². The van der Waals surface area contributed by atoms with E-state index in [1.165, 1.54) is 24.3 Å². The fourth-order valence-electron chi connectivity index (χ4n) is 1.46. The molecule has 2 atom stereocenters. The maximum atomic E-state index is 2.30. The molecule has 0 aromatic carbocycles. The summed E-state index contributed by atoms with van der Waals surface area (Å²) in [5, 5.41) is 0. The van der Waals surface area contributed by atoms with Gasteiger partial charge in [0.2, 0.25) is 0 Å². The molecule has 0 N–H and O–H groups in total. The number of thioether (sulfide) groups is 6. The van der Waals surface area contributed by atoms with E-state index < -0.39 is 0 Å². The third kappa shape index (κ3) is 3.51. The fraction of sp³-hybridized carbons (Fsp3) is 1.00. The zero-order chi connectivity index (χ0) is 10.8. The van der Waals surface area contributed by atoms with Gasteiger partial charge in [-0.2, -0.15) is 0 Å². The molecular weight excluding hydrogens is 419 g/mol. The third-order valence-corrected chi connectivity index (χ3v) is 18.9. The van der Waals surface area contributed by atoms with Crippen LogP contribution in [0.25, 0.3) is 0 Å². The molecule has 0 aliphatic carbocycles. The van der Waals surface area contributed by atoms with Gasteiger partial charge in [-0.1, -0.05) is 0 Å². The molecule has 0 amide bonds. The fourth-order valence-corrected chi connectivity index (χ4v) is 25.5. The second-order valence-corrected chi connectivity index (χ2v) is 20.1. The van der Waals surface area contributed by atoms with Gasteiger partial charge in [0.25, 0.3) is 0 Å². The van der Waals surface area contributed by atoms with Gasteiger partial charge in [-0.25, -0.2) is 0 Å². The summed E-state index contributed by atoms with van der Waals surface area (Å²) in [6, 6.07) is 0. The number of hydrogen-bond donors (Lipinski definition) is 0. The van der Waals surface area contributed by atoms with E-state index in [1.54, 1.807) is 7.54 Å². The Morgan fingerprint density at radius 3 is 1.81 bits per heavy atom. The molecule has 3 heterocycles. The van der Waals surface area contributed by atoms with Crippen LogP contribution >= 0.6 is 70.6 Å². The van der Waals surface area contributed by atoms with Crippen molar-refractivity contribution in [2.75, 3.05) is 19.0 Å². The molecule has 16 heavy (non-hydrogen) atoms. The van der Waals surface area contributed by atoms with Gasteiger partial charge in [0.1, 0.15) is 0 Å². The van der Waals surface area contributed by atoms with E-state index in [0.717, 1.165) is 9.16 Å². The molecule has 2 unspecified atom stereocenters. The maximum absolute atomic E-state index is 2.30. The van der Waals surface area contributed by atoms with Crippen LogP contribution in [0, 0.1) is 0 Å². The van der Waals surface area contributed by atoms with Gasteiger partial charge in [-0.05, 0) is 0 Å². The van der Waals surface area contributed by atoms with Crippen LogP contribution in [0.4, 0.5) is 0 Å². The standard InChI is InChI=1S/C9H14S6.Sn/c1-10-9(11-2,14-7-3-5-12-7)15-8-4-6-13-8;/h7-8H,1-6H2;. The molecule has 90 valence electrons. The Labute approximate surface area is 134 Å². The second kappa shape index (κ2) is 6.57. The Morgan fingerprint density at radius 1 is 0.938 bits per heavy atom. The van der Waals surface area contributed by atoms with Crippen molar-refractivity contribution < 1.29 is 0 Å². The Hall–Kier alpha value is 2.90. The molecule has 7 heteroatoms. The molecule has 0 aromatic heterocycles. The first-order valence-electron chi connectivity index (χ1n) is 5.44. The normalized spacial score (nSPS) is 37.5. The summed E-state index contributed by atoms with van der Waals surface area (Å²) in [6.07, 6.45) is 2.91. The van der Waals surface area contributed by atoms with E-state index in [9.17, 15) is 0 Å². The molecule has 0 nitrogen and oxygen atoms in total. The van der Waals surface area contributed by atoms with Gasteiger partial charge < -0.3 is 0 Å². The molecule has 3 saturated heterocycles. The van der Waals surface area contributed by atoms with Crippen LogP contribution in [0.5, 0.6) is 0 Å². The summed E-state index contributed by atoms with van der Waals surface area (Å²) >= 11 is 13.6. The first-order chi connectivity index (χ1) is 7.86. The quantitative estimate of drug-likeness (QED) is 0.481. The van der Waals surface area contributed by atoms with Gasteiger partial charge in [0.05, 0.1) is 0 Å². The van der Waals surface area contributed by atoms with Crippen LogP contribution in [0.1, 0.15) is 12.8 Å². The van der Waals surface area contributed by atoms with Crippen LogP contribution in [0.15, 0.2) is 0 Å². The zero-order valence-corrected chi connectivity index (χ0v) is 16.6. The van der Waals surface area contributed by atoms with Gasteiger partial charge in [0, 0.05) is 0 Å². The van der Waals surface area contributed by atoms with Crippen molar-refractivity contribution in [3.63, 3.8) is 0 Å². The Kier molecular flexibility index (Phi) is 5.69. The molecule has 3 aliphatic rings. The van der Waals surface area contributed by atoms with Gasteiger partial charge in [-0.3, -0.25) is 0 Å². The monoisotopic (exact) mass is 434 g/mol. The summed E-state index contributed by atoms with van der Waals surface area (Å²) in [5.74, 6) is 2.81. The molecule has 2 radical (unpaired) electrons. The van der Waals surface area contributed by atoms with E-state index in [-0.39, 0.29) is 21.1 Å². The van der Waals surface area contributed by atoms with Crippen molar-refractivity contribution in [3.05, 3.63) is 0 Å². The first-order valence-corrected chi connectivity index (χ1v) is 15.3. The summed E-state index contributed by atoms with van der Waals surface area (Å²) in [5.41, 5.74) is 0. The molecule has 0 aromatic rings. The molecular formula is C9H14S6Sn. The summed E-state index contributed by atoms with van der Waals surface area (Å²) in [7, 11) is 0. The van der Waals surface area contributed by atoms with Gasteiger partial charge in [-0.15, -0.1) is 0 Å². The molecule has 3 aliphatic heterocycles. The van der Waals surface area contributed by atoms with Crippen molar-refractivity contribution in [2.45, 2.75) is 24.7 Å². The number of hydrogen-bond acceptors (Lipinski definition) is 6. The predicted octanol–water partition coefficient (Wildman–Crippen LogP) is 4.09. The number of rotatable bonds is 4. The van der Waals surface area contributed by atoms with Crippen molar-refractivity contribution >= 4 is 91.7 Å². The Bertz CT molecular complexity index is 218. The summed E-state index contributed by atoms with van der Waals surface area (Å²) < 4.78 is 5.42. The van der Waals surface area contributed by atoms with Crippen LogP contribution in [0.2, 0.25) is 0 Å². The van der Waals surface area contributed by atoms with E-state index in [2.05, 4.69) is 70.6 Å². The van der Waals surface area contributed by atoms with Crippen LogP contribution in [-0.4, -0.2) is 52.1 Å². The summed E-state index contributed by atoms with van der Waals surface area (Å²) in [6.45, 7) is 0. The van der Waals surface area contributed by atoms with E-state index in [1.807, 2.05) is 0 Å². The van der Waals surface area contributed by atoms with Crippen LogP contribution in [-0.2, 0) is 0 Å². The predicted molar refractivity (Wildman–Crippen MR) is 90.3 cm³/mol. The SMILES string of the molecule is C1CC(SC2(SC3CCS3)S[CH2][Sn][CH2]S2)S1. The minimum absolute atomic E-state index is 0.0280. The molecule has 3 fully saturated rings. The zero-order valence-electron chi connectivity index (χ0n) is 8.85. The third-order valence-electron chi connectivity index (χ3n) is 2.57. The summed E-state index contributed by atoms with van der Waals surface area (Å²) in [4.78, 5) is 0. The second-order valence-electron chi connectivity index (χ2n) is 3.74. The Balaban J connectivity index is 1.60. The van der Waals surface area contributed by atoms with Crippen molar-refractivity contribution in [2.24, 2.45) is 0 Å². The molecule has 0 saturated carbocycles. The van der Waals surface area contributed by atoms with Crippen molar-refractivity contribution in [3.8, 4) is 0 Å². The minimum atomic E-state index is 0.0280. The molecule has 0 bridgehead atoms. The molecule has 3 rings (SSSR count). The first kappa shape index (κ1) is 13.9. The average molecular weight is 433 g/mol. The van der Waals surface area contributed by atoms with E-state index >= 15 is 0 Å². The van der Waals surface area contributed by atoms with Gasteiger partial charge >= 0.3 is 136 Å². The van der Waals surface area contributed by atoms with Crippen molar-refractivity contribution in [1.82, 2.24) is 0 Å². The Morgan fingerprint density at radius 2 is 1.44 bits per heavy atom. The molecule has 0 spiro atoms. The van der Waals surface area contributed by atoms with E-state index in [0.29, 0.717) is 2.74 Å².